The van der Waals surface area contributed by atoms with Gasteiger partial charge in [-0.3, -0.25) is 4.79 Å². The fraction of sp³-hybridized carbons (Fsp3) is 0.154. The largest absolute Gasteiger partial charge is 0.386 e. The van der Waals surface area contributed by atoms with Crippen molar-refractivity contribution in [2.24, 2.45) is 5.73 Å². The molecule has 1 aromatic carbocycles. The second-order valence-corrected chi connectivity index (χ2v) is 4.84. The van der Waals surface area contributed by atoms with Crippen LogP contribution in [0.25, 0.3) is 0 Å². The number of thiophene rings is 1. The molecular weight excluding hydrogens is 248 g/mol. The highest BCUT2D eigenvalue weighted by Crippen LogP contribution is 2.19. The molecule has 0 fully saturated rings. The van der Waals surface area contributed by atoms with Gasteiger partial charge in [-0.25, -0.2) is 0 Å². The molecule has 0 aliphatic heterocycles. The molecule has 4 N–H and O–H groups in total. The molecule has 2 rings (SSSR count). The summed E-state index contributed by atoms with van der Waals surface area (Å²) in [5, 5.41) is 14.9. The Balaban J connectivity index is 1.98. The van der Waals surface area contributed by atoms with Gasteiger partial charge in [0.25, 0.3) is 0 Å². The van der Waals surface area contributed by atoms with Crippen LogP contribution in [0.15, 0.2) is 41.8 Å². The molecule has 1 amide bonds. The fourth-order valence-electron chi connectivity index (χ4n) is 1.58. The quantitative estimate of drug-likeness (QED) is 0.771. The number of benzene rings is 1. The third kappa shape index (κ3) is 3.09. The number of anilines is 1. The lowest BCUT2D eigenvalue weighted by atomic mass is 10.2. The first-order valence-electron chi connectivity index (χ1n) is 5.52. The summed E-state index contributed by atoms with van der Waals surface area (Å²) in [7, 11) is 0. The average Bonchev–Trinajstić information content (AvgIpc) is 2.90. The zero-order chi connectivity index (χ0) is 13.0. The van der Waals surface area contributed by atoms with Crippen molar-refractivity contribution in [3.63, 3.8) is 0 Å². The fourth-order valence-corrected chi connectivity index (χ4v) is 2.29. The third-order valence-corrected chi connectivity index (χ3v) is 3.49. The van der Waals surface area contributed by atoms with Crippen LogP contribution in [0.4, 0.5) is 5.69 Å². The number of aliphatic hydroxyl groups excluding tert-OH is 1. The van der Waals surface area contributed by atoms with Crippen molar-refractivity contribution in [3.8, 4) is 0 Å². The number of nitrogens with two attached hydrogens (primary N) is 1. The van der Waals surface area contributed by atoms with Crippen LogP contribution in [-0.2, 0) is 0 Å². The van der Waals surface area contributed by atoms with E-state index in [-0.39, 0.29) is 0 Å². The SMILES string of the molecule is NC(=O)c1cccc(NCC(O)c2cccs2)c1. The number of aliphatic hydroxyl groups is 1. The molecule has 1 unspecified atom stereocenters. The summed E-state index contributed by atoms with van der Waals surface area (Å²) in [5.74, 6) is -0.461. The molecule has 4 nitrogen and oxygen atoms in total. The number of primary amides is 1. The van der Waals surface area contributed by atoms with E-state index in [1.165, 1.54) is 11.3 Å². The molecule has 0 aliphatic carbocycles. The molecule has 0 aliphatic rings. The van der Waals surface area contributed by atoms with Gasteiger partial charge in [0, 0.05) is 22.7 Å². The number of carbonyl (C=O) groups excluding carboxylic acids is 1. The second-order valence-electron chi connectivity index (χ2n) is 3.86. The topological polar surface area (TPSA) is 75.4 Å². The van der Waals surface area contributed by atoms with E-state index in [1.807, 2.05) is 23.6 Å². The molecule has 0 bridgehead atoms. The van der Waals surface area contributed by atoms with Gasteiger partial charge in [-0.15, -0.1) is 11.3 Å². The van der Waals surface area contributed by atoms with Gasteiger partial charge in [0.1, 0.15) is 6.10 Å². The maximum absolute atomic E-state index is 11.0. The lowest BCUT2D eigenvalue weighted by Crippen LogP contribution is -2.13. The van der Waals surface area contributed by atoms with Gasteiger partial charge in [0.2, 0.25) is 5.91 Å². The zero-order valence-electron chi connectivity index (χ0n) is 9.67. The molecule has 0 saturated heterocycles. The summed E-state index contributed by atoms with van der Waals surface area (Å²) in [5.41, 5.74) is 6.42. The summed E-state index contributed by atoms with van der Waals surface area (Å²) >= 11 is 1.51. The Morgan fingerprint density at radius 3 is 2.89 bits per heavy atom. The van der Waals surface area contributed by atoms with Crippen molar-refractivity contribution in [3.05, 3.63) is 52.2 Å². The lowest BCUT2D eigenvalue weighted by molar-refractivity contribution is 0.100. The summed E-state index contributed by atoms with van der Waals surface area (Å²) in [6.45, 7) is 0.392. The molecule has 18 heavy (non-hydrogen) atoms. The van der Waals surface area contributed by atoms with Crippen molar-refractivity contribution in [1.82, 2.24) is 0 Å². The molecular formula is C13H14N2O2S. The van der Waals surface area contributed by atoms with Crippen LogP contribution in [0.1, 0.15) is 21.3 Å². The first kappa shape index (κ1) is 12.6. The molecule has 0 radical (unpaired) electrons. The molecule has 1 heterocycles. The van der Waals surface area contributed by atoms with E-state index < -0.39 is 12.0 Å². The maximum Gasteiger partial charge on any atom is 0.248 e. The molecule has 1 aromatic heterocycles. The van der Waals surface area contributed by atoms with Crippen LogP contribution < -0.4 is 11.1 Å². The van der Waals surface area contributed by atoms with E-state index in [4.69, 9.17) is 5.73 Å². The van der Waals surface area contributed by atoms with Crippen LogP contribution in [0.5, 0.6) is 0 Å². The second kappa shape index (κ2) is 5.66. The smallest absolute Gasteiger partial charge is 0.248 e. The third-order valence-electron chi connectivity index (χ3n) is 2.52. The molecule has 5 heteroatoms. The number of hydrogen-bond donors (Lipinski definition) is 3. The first-order valence-corrected chi connectivity index (χ1v) is 6.40. The van der Waals surface area contributed by atoms with Crippen LogP contribution >= 0.6 is 11.3 Å². The maximum atomic E-state index is 11.0. The summed E-state index contributed by atoms with van der Waals surface area (Å²) in [6.07, 6.45) is -0.553. The van der Waals surface area contributed by atoms with Crippen LogP contribution in [0.3, 0.4) is 0 Å². The Bertz CT molecular complexity index is 526. The van der Waals surface area contributed by atoms with Crippen molar-refractivity contribution >= 4 is 22.9 Å². The molecule has 0 spiro atoms. The van der Waals surface area contributed by atoms with E-state index in [0.29, 0.717) is 12.1 Å². The highest BCUT2D eigenvalue weighted by molar-refractivity contribution is 7.10. The predicted molar refractivity (Wildman–Crippen MR) is 72.7 cm³/mol. The molecule has 0 saturated carbocycles. The Hall–Kier alpha value is -1.85. The zero-order valence-corrected chi connectivity index (χ0v) is 10.5. The van der Waals surface area contributed by atoms with Gasteiger partial charge in [0.15, 0.2) is 0 Å². The van der Waals surface area contributed by atoms with Crippen LogP contribution in [-0.4, -0.2) is 17.6 Å². The van der Waals surface area contributed by atoms with Gasteiger partial charge < -0.3 is 16.2 Å². The summed E-state index contributed by atoms with van der Waals surface area (Å²) in [4.78, 5) is 11.9. The van der Waals surface area contributed by atoms with Gasteiger partial charge in [0.05, 0.1) is 0 Å². The molecule has 1 atom stereocenters. The number of amides is 1. The summed E-state index contributed by atoms with van der Waals surface area (Å²) < 4.78 is 0. The monoisotopic (exact) mass is 262 g/mol. The Labute approximate surface area is 109 Å². The van der Waals surface area contributed by atoms with E-state index in [0.717, 1.165) is 10.6 Å². The highest BCUT2D eigenvalue weighted by atomic mass is 32.1. The number of carbonyl (C=O) groups is 1. The van der Waals surface area contributed by atoms with Gasteiger partial charge in [-0.05, 0) is 29.6 Å². The highest BCUT2D eigenvalue weighted by Gasteiger charge is 2.08. The Morgan fingerprint density at radius 2 is 2.22 bits per heavy atom. The first-order chi connectivity index (χ1) is 8.66. The van der Waals surface area contributed by atoms with E-state index >= 15 is 0 Å². The Morgan fingerprint density at radius 1 is 1.39 bits per heavy atom. The standard InChI is InChI=1S/C13H14N2O2S/c14-13(17)9-3-1-4-10(7-9)15-8-11(16)12-5-2-6-18-12/h1-7,11,15-16H,8H2,(H2,14,17). The Kier molecular flexibility index (Phi) is 3.96. The normalized spacial score (nSPS) is 12.1. The summed E-state index contributed by atoms with van der Waals surface area (Å²) in [6, 6.07) is 10.7. The van der Waals surface area contributed by atoms with Crippen LogP contribution in [0, 0.1) is 0 Å². The minimum absolute atomic E-state index is 0.392. The molecule has 94 valence electrons. The predicted octanol–water partition coefficient (Wildman–Crippen LogP) is 1.99. The van der Waals surface area contributed by atoms with Crippen molar-refractivity contribution in [1.29, 1.82) is 0 Å². The van der Waals surface area contributed by atoms with Crippen LogP contribution in [0.2, 0.25) is 0 Å². The van der Waals surface area contributed by atoms with Gasteiger partial charge >= 0.3 is 0 Å². The molecule has 2 aromatic rings. The lowest BCUT2D eigenvalue weighted by Gasteiger charge is -2.11. The minimum atomic E-state index is -0.553. The van der Waals surface area contributed by atoms with Gasteiger partial charge in [-0.2, -0.15) is 0 Å². The average molecular weight is 262 g/mol. The van der Waals surface area contributed by atoms with Gasteiger partial charge in [-0.1, -0.05) is 12.1 Å². The van der Waals surface area contributed by atoms with E-state index in [2.05, 4.69) is 5.32 Å². The number of nitrogens with one attached hydrogen (secondary N) is 1. The van der Waals surface area contributed by atoms with E-state index in [9.17, 15) is 9.90 Å². The van der Waals surface area contributed by atoms with Crippen molar-refractivity contribution in [2.75, 3.05) is 11.9 Å². The van der Waals surface area contributed by atoms with E-state index in [1.54, 1.807) is 18.2 Å². The van der Waals surface area contributed by atoms with Crippen molar-refractivity contribution in [2.45, 2.75) is 6.10 Å². The number of hydrogen-bond acceptors (Lipinski definition) is 4. The number of rotatable bonds is 5. The minimum Gasteiger partial charge on any atom is -0.386 e. The van der Waals surface area contributed by atoms with Crippen molar-refractivity contribution < 1.29 is 9.90 Å².